The number of aliphatic hydroxyl groups excluding tert-OH is 1. The number of unbranched alkanes of at least 4 members (excludes halogenated alkanes) is 5. The maximum atomic E-state index is 10.3. The molecule has 2 heteroatoms. The quantitative estimate of drug-likeness (QED) is 0.228. The van der Waals surface area contributed by atoms with E-state index < -0.39 is 18.4 Å². The van der Waals surface area contributed by atoms with Crippen LogP contribution in [0.5, 0.6) is 0 Å². The Hall–Kier alpha value is 0.499. The van der Waals surface area contributed by atoms with E-state index in [9.17, 15) is 5.11 Å². The predicted molar refractivity (Wildman–Crippen MR) is 104 cm³/mol. The van der Waals surface area contributed by atoms with Gasteiger partial charge in [0.25, 0.3) is 0 Å². The Balaban J connectivity index is 4.74. The molecule has 0 aromatic carbocycles. The molecule has 0 fully saturated rings. The van der Waals surface area contributed by atoms with Crippen molar-refractivity contribution >= 4 is 18.4 Å². The van der Waals surface area contributed by atoms with Crippen molar-refractivity contribution in [2.45, 2.75) is 111 Å². The van der Waals surface area contributed by atoms with E-state index in [0.29, 0.717) is 0 Å². The monoisotopic (exact) mass is 418 g/mol. The summed E-state index contributed by atoms with van der Waals surface area (Å²) in [6, 6.07) is 0. The summed E-state index contributed by atoms with van der Waals surface area (Å²) in [7, 11) is 0. The fourth-order valence-corrected chi connectivity index (χ4v) is 17.6. The van der Waals surface area contributed by atoms with Gasteiger partial charge < -0.3 is 0 Å². The number of aliphatic hydroxyl groups is 1. The molecular formula is C20H42OSn. The molecule has 0 amide bonds. The zero-order valence-corrected chi connectivity index (χ0v) is 18.7. The molecule has 0 aromatic rings. The third kappa shape index (κ3) is 11.1. The van der Waals surface area contributed by atoms with Crippen molar-refractivity contribution in [3.8, 4) is 0 Å². The van der Waals surface area contributed by atoms with Crippen molar-refractivity contribution < 1.29 is 5.11 Å². The first-order chi connectivity index (χ1) is 10.6. The van der Waals surface area contributed by atoms with Gasteiger partial charge in [0.05, 0.1) is 0 Å². The summed E-state index contributed by atoms with van der Waals surface area (Å²) in [5, 5.41) is 10.3. The summed E-state index contributed by atoms with van der Waals surface area (Å²) in [4.78, 5) is 0. The molecule has 0 heterocycles. The van der Waals surface area contributed by atoms with Crippen molar-refractivity contribution in [2.24, 2.45) is 0 Å². The van der Waals surface area contributed by atoms with Gasteiger partial charge in [-0.3, -0.25) is 0 Å². The molecule has 0 aromatic heterocycles. The van der Waals surface area contributed by atoms with Gasteiger partial charge >= 0.3 is 145 Å². The molecule has 0 saturated carbocycles. The standard InChI is InChI=1S/C8H15O.3C4H9.Sn/c1-3-5-6-7-8(9)4-2;3*1-3-4-2;/h2,4,8-9H,3,5-7H2,1H3;3*1,3-4H2,2H3;. The zero-order valence-electron chi connectivity index (χ0n) is 15.9. The van der Waals surface area contributed by atoms with Gasteiger partial charge in [0.1, 0.15) is 0 Å². The molecule has 0 aliphatic carbocycles. The van der Waals surface area contributed by atoms with E-state index in [0.717, 1.165) is 6.42 Å². The molecule has 1 atom stereocenters. The summed E-state index contributed by atoms with van der Waals surface area (Å²) < 4.78 is 7.13. The minimum atomic E-state index is -2.15. The SMILES string of the molecule is CCCCCC(O)/C=[CH]/[Sn]([CH2]CCC)([CH2]CCC)[CH2]CCC. The van der Waals surface area contributed by atoms with Crippen LogP contribution < -0.4 is 0 Å². The molecule has 0 rings (SSSR count). The van der Waals surface area contributed by atoms with E-state index in [1.165, 1.54) is 71.1 Å². The van der Waals surface area contributed by atoms with E-state index in [-0.39, 0.29) is 6.10 Å². The first-order valence-electron chi connectivity index (χ1n) is 10.0. The van der Waals surface area contributed by atoms with Crippen molar-refractivity contribution in [3.05, 3.63) is 10.2 Å². The van der Waals surface area contributed by atoms with Crippen LogP contribution in [-0.2, 0) is 0 Å². The second-order valence-electron chi connectivity index (χ2n) is 7.10. The van der Waals surface area contributed by atoms with Crippen LogP contribution in [0.25, 0.3) is 0 Å². The Morgan fingerprint density at radius 1 is 0.727 bits per heavy atom. The van der Waals surface area contributed by atoms with Crippen LogP contribution >= 0.6 is 0 Å². The Kier molecular flexibility index (Phi) is 15.4. The van der Waals surface area contributed by atoms with Gasteiger partial charge in [-0.05, 0) is 0 Å². The van der Waals surface area contributed by atoms with Crippen molar-refractivity contribution in [2.75, 3.05) is 0 Å². The fourth-order valence-electron chi connectivity index (χ4n) is 3.23. The van der Waals surface area contributed by atoms with Crippen molar-refractivity contribution in [1.82, 2.24) is 0 Å². The van der Waals surface area contributed by atoms with Crippen LogP contribution in [0.3, 0.4) is 0 Å². The second-order valence-corrected chi connectivity index (χ2v) is 20.1. The molecule has 0 aliphatic rings. The summed E-state index contributed by atoms with van der Waals surface area (Å²) in [5.74, 6) is 0. The topological polar surface area (TPSA) is 20.2 Å². The van der Waals surface area contributed by atoms with E-state index >= 15 is 0 Å². The second kappa shape index (κ2) is 15.1. The van der Waals surface area contributed by atoms with Crippen LogP contribution in [0, 0.1) is 0 Å². The average Bonchev–Trinajstić information content (AvgIpc) is 2.54. The van der Waals surface area contributed by atoms with Gasteiger partial charge in [-0.2, -0.15) is 0 Å². The normalized spacial score (nSPS) is 13.9. The summed E-state index contributed by atoms with van der Waals surface area (Å²) in [6.45, 7) is 9.18. The van der Waals surface area contributed by atoms with E-state index in [1.54, 1.807) is 0 Å². The van der Waals surface area contributed by atoms with E-state index in [1.807, 2.05) is 0 Å². The summed E-state index contributed by atoms with van der Waals surface area (Å²) in [5.41, 5.74) is 0. The first kappa shape index (κ1) is 22.5. The molecule has 22 heavy (non-hydrogen) atoms. The van der Waals surface area contributed by atoms with Gasteiger partial charge in [-0.25, -0.2) is 0 Å². The third-order valence-corrected chi connectivity index (χ3v) is 19.0. The number of hydrogen-bond acceptors (Lipinski definition) is 1. The Labute approximate surface area is 144 Å². The molecule has 0 saturated heterocycles. The first-order valence-corrected chi connectivity index (χ1v) is 17.7. The Bertz CT molecular complexity index is 241. The summed E-state index contributed by atoms with van der Waals surface area (Å²) in [6.07, 6.45) is 14.8. The molecule has 0 aliphatic heterocycles. The van der Waals surface area contributed by atoms with Crippen LogP contribution in [0.1, 0.15) is 91.9 Å². The Morgan fingerprint density at radius 3 is 1.59 bits per heavy atom. The van der Waals surface area contributed by atoms with Crippen molar-refractivity contribution in [1.29, 1.82) is 0 Å². The predicted octanol–water partition coefficient (Wildman–Crippen LogP) is 6.87. The van der Waals surface area contributed by atoms with Gasteiger partial charge in [-0.15, -0.1) is 0 Å². The van der Waals surface area contributed by atoms with Crippen LogP contribution in [-0.4, -0.2) is 29.6 Å². The van der Waals surface area contributed by atoms with Gasteiger partial charge in [0.15, 0.2) is 0 Å². The van der Waals surface area contributed by atoms with Crippen LogP contribution in [0.2, 0.25) is 13.3 Å². The van der Waals surface area contributed by atoms with Crippen LogP contribution in [0.15, 0.2) is 10.2 Å². The maximum absolute atomic E-state index is 10.3. The van der Waals surface area contributed by atoms with Gasteiger partial charge in [0.2, 0.25) is 0 Å². The minimum absolute atomic E-state index is 0.187. The van der Waals surface area contributed by atoms with E-state index in [4.69, 9.17) is 0 Å². The molecule has 132 valence electrons. The zero-order chi connectivity index (χ0) is 16.7. The van der Waals surface area contributed by atoms with Crippen molar-refractivity contribution in [3.63, 3.8) is 0 Å². The molecule has 0 radical (unpaired) electrons. The van der Waals surface area contributed by atoms with Gasteiger partial charge in [0, 0.05) is 0 Å². The number of hydrogen-bond donors (Lipinski definition) is 1. The molecule has 1 N–H and O–H groups in total. The molecule has 0 spiro atoms. The Morgan fingerprint density at radius 2 is 1.18 bits per heavy atom. The van der Waals surface area contributed by atoms with Gasteiger partial charge in [-0.1, -0.05) is 0 Å². The van der Waals surface area contributed by atoms with Crippen LogP contribution in [0.4, 0.5) is 0 Å². The number of rotatable bonds is 15. The van der Waals surface area contributed by atoms with E-state index in [2.05, 4.69) is 37.9 Å². The molecule has 0 bridgehead atoms. The summed E-state index contributed by atoms with van der Waals surface area (Å²) >= 11 is -2.15. The molecule has 1 unspecified atom stereocenters. The molecule has 1 nitrogen and oxygen atoms in total. The third-order valence-electron chi connectivity index (χ3n) is 4.86. The molecular weight excluding hydrogens is 375 g/mol. The fraction of sp³-hybridized carbons (Fsp3) is 0.900. The average molecular weight is 417 g/mol.